The van der Waals surface area contributed by atoms with Gasteiger partial charge >= 0.3 is 6.01 Å². The summed E-state index contributed by atoms with van der Waals surface area (Å²) in [6, 6.07) is 3.53. The van der Waals surface area contributed by atoms with Crippen molar-refractivity contribution in [3.8, 4) is 23.0 Å². The summed E-state index contributed by atoms with van der Waals surface area (Å²) < 4.78 is 47.5. The second kappa shape index (κ2) is 12.2. The lowest BCUT2D eigenvalue weighted by molar-refractivity contribution is 0.0447. The first-order valence-electron chi connectivity index (χ1n) is 16.1. The van der Waals surface area contributed by atoms with Gasteiger partial charge in [-0.15, -0.1) is 0 Å². The number of halogens is 3. The van der Waals surface area contributed by atoms with Crippen LogP contribution in [-0.4, -0.2) is 82.8 Å². The van der Waals surface area contributed by atoms with Gasteiger partial charge in [-0.05, 0) is 87.1 Å². The molecule has 0 amide bonds. The Labute approximate surface area is 272 Å². The highest BCUT2D eigenvalue weighted by Gasteiger charge is 2.47. The molecule has 3 aromatic rings. The van der Waals surface area contributed by atoms with Gasteiger partial charge in [0.25, 0.3) is 0 Å². The highest BCUT2D eigenvalue weighted by Crippen LogP contribution is 2.53. The average Bonchev–Trinajstić information content (AvgIpc) is 3.44. The van der Waals surface area contributed by atoms with Crippen LogP contribution in [0.5, 0.6) is 11.8 Å². The molecule has 0 spiro atoms. The molecule has 3 saturated heterocycles. The molecule has 12 heteroatoms. The number of anilines is 1. The normalized spacial score (nSPS) is 28.7. The molecule has 1 aromatic carbocycles. The standard InChI is InChI=1S/C34H40ClF2N5O4/c1-20-10-23(20)27-24(11-22(12-26(27)35)46-19-44-3)29-28(37)30-25(15-38-29)31(41-8-4-6-33(2,43)17-41)40-32(39-30)45-18-34-7-5-9-42(34)16-21(13-34)14-36/h11-12,14-15,20,23,43H,4-10,13,16-19H2,1-3H3/b21-14-/t20-,23+,33-,34+/m1/s1. The van der Waals surface area contributed by atoms with E-state index in [1.54, 1.807) is 25.3 Å². The fourth-order valence-electron chi connectivity index (χ4n) is 7.67. The van der Waals surface area contributed by atoms with Gasteiger partial charge < -0.3 is 24.2 Å². The SMILES string of the molecule is COCOc1cc(Cl)c([C@H]2C[C@H]2C)c(-c2ncc3c(N4CCC[C@@](C)(O)C4)nc(OC[C@@]45CCCN4C/C(=C\F)C5)nc3c2F)c1. The zero-order chi connectivity index (χ0) is 32.2. The molecular formula is C34H40ClF2N5O4. The smallest absolute Gasteiger partial charge is 0.319 e. The van der Waals surface area contributed by atoms with E-state index in [2.05, 4.69) is 21.8 Å². The molecule has 0 unspecified atom stereocenters. The number of β-amino-alcohol motifs (C(OH)–C–C–N with tert-alkyl or cyclic N) is 1. The Morgan fingerprint density at radius 2 is 1.98 bits per heavy atom. The zero-order valence-corrected chi connectivity index (χ0v) is 27.2. The molecule has 1 saturated carbocycles. The van der Waals surface area contributed by atoms with Crippen molar-refractivity contribution in [2.75, 3.05) is 51.6 Å². The number of methoxy groups -OCH3 is 1. The number of pyridine rings is 1. The molecule has 3 aliphatic heterocycles. The number of hydrogen-bond donors (Lipinski definition) is 1. The Morgan fingerprint density at radius 1 is 1.17 bits per heavy atom. The van der Waals surface area contributed by atoms with E-state index in [-0.39, 0.29) is 42.1 Å². The average molecular weight is 656 g/mol. The predicted octanol–water partition coefficient (Wildman–Crippen LogP) is 6.41. The summed E-state index contributed by atoms with van der Waals surface area (Å²) in [5.74, 6) is 0.870. The third-order valence-electron chi connectivity index (χ3n) is 10.1. The second-order valence-electron chi connectivity index (χ2n) is 13.8. The van der Waals surface area contributed by atoms with Gasteiger partial charge in [-0.2, -0.15) is 9.97 Å². The molecule has 0 radical (unpaired) electrons. The summed E-state index contributed by atoms with van der Waals surface area (Å²) in [6.07, 6.45) is 7.08. The minimum atomic E-state index is -0.931. The molecule has 4 fully saturated rings. The van der Waals surface area contributed by atoms with Crippen LogP contribution in [-0.2, 0) is 4.74 Å². The lowest BCUT2D eigenvalue weighted by atomic mass is 9.94. The molecule has 0 bridgehead atoms. The Bertz CT molecular complexity index is 1690. The monoisotopic (exact) mass is 655 g/mol. The molecule has 5 heterocycles. The van der Waals surface area contributed by atoms with E-state index in [1.165, 1.54) is 7.11 Å². The molecular weight excluding hydrogens is 616 g/mol. The lowest BCUT2D eigenvalue weighted by Crippen LogP contribution is -2.46. The van der Waals surface area contributed by atoms with Crippen molar-refractivity contribution in [2.45, 2.75) is 69.4 Å². The molecule has 2 aromatic heterocycles. The van der Waals surface area contributed by atoms with Crippen LogP contribution in [0, 0.1) is 11.7 Å². The van der Waals surface area contributed by atoms with Gasteiger partial charge in [-0.1, -0.05) is 18.5 Å². The molecule has 1 aliphatic carbocycles. The van der Waals surface area contributed by atoms with Gasteiger partial charge in [-0.25, -0.2) is 8.78 Å². The maximum atomic E-state index is 16.9. The molecule has 9 nitrogen and oxygen atoms in total. The molecule has 246 valence electrons. The van der Waals surface area contributed by atoms with Gasteiger partial charge in [0.05, 0.1) is 22.9 Å². The van der Waals surface area contributed by atoms with Crippen molar-refractivity contribution >= 4 is 28.3 Å². The van der Waals surface area contributed by atoms with Gasteiger partial charge in [0.2, 0.25) is 0 Å². The first-order chi connectivity index (χ1) is 22.1. The topological polar surface area (TPSA) is 93.1 Å². The van der Waals surface area contributed by atoms with Crippen molar-refractivity contribution in [3.63, 3.8) is 0 Å². The van der Waals surface area contributed by atoms with E-state index in [4.69, 9.17) is 30.8 Å². The number of piperidine rings is 1. The number of fused-ring (bicyclic) bond motifs is 2. The number of hydrogen-bond acceptors (Lipinski definition) is 9. The predicted molar refractivity (Wildman–Crippen MR) is 172 cm³/mol. The summed E-state index contributed by atoms with van der Waals surface area (Å²) >= 11 is 6.80. The van der Waals surface area contributed by atoms with Crippen LogP contribution in [0.4, 0.5) is 14.6 Å². The Balaban J connectivity index is 1.33. The van der Waals surface area contributed by atoms with Crippen LogP contribution in [0.15, 0.2) is 30.2 Å². The maximum Gasteiger partial charge on any atom is 0.319 e. The largest absolute Gasteiger partial charge is 0.467 e. The highest BCUT2D eigenvalue weighted by atomic mass is 35.5. The summed E-state index contributed by atoms with van der Waals surface area (Å²) in [5, 5.41) is 11.8. The van der Waals surface area contributed by atoms with Gasteiger partial charge in [-0.3, -0.25) is 9.88 Å². The van der Waals surface area contributed by atoms with Crippen LogP contribution < -0.4 is 14.4 Å². The third kappa shape index (κ3) is 5.80. The number of rotatable bonds is 9. The zero-order valence-electron chi connectivity index (χ0n) is 26.5. The van der Waals surface area contributed by atoms with Crippen LogP contribution >= 0.6 is 11.6 Å². The minimum Gasteiger partial charge on any atom is -0.467 e. The van der Waals surface area contributed by atoms with Crippen LogP contribution in [0.2, 0.25) is 5.02 Å². The van der Waals surface area contributed by atoms with Crippen molar-refractivity contribution in [3.05, 3.63) is 46.6 Å². The number of aliphatic hydroxyl groups is 1. The van der Waals surface area contributed by atoms with Crippen molar-refractivity contribution in [2.24, 2.45) is 5.92 Å². The van der Waals surface area contributed by atoms with Gasteiger partial charge in [0, 0.05) is 43.5 Å². The number of aromatic nitrogens is 3. The molecule has 4 atom stereocenters. The van der Waals surface area contributed by atoms with Crippen LogP contribution in [0.25, 0.3) is 22.2 Å². The summed E-state index contributed by atoms with van der Waals surface area (Å²) in [6.45, 7) is 6.61. The summed E-state index contributed by atoms with van der Waals surface area (Å²) in [7, 11) is 1.53. The fourth-order valence-corrected chi connectivity index (χ4v) is 8.02. The van der Waals surface area contributed by atoms with Crippen molar-refractivity contribution < 1.29 is 28.1 Å². The Hall–Kier alpha value is -3.12. The van der Waals surface area contributed by atoms with Gasteiger partial charge in [0.15, 0.2) is 12.6 Å². The molecule has 46 heavy (non-hydrogen) atoms. The van der Waals surface area contributed by atoms with Crippen molar-refractivity contribution in [1.82, 2.24) is 19.9 Å². The Morgan fingerprint density at radius 3 is 2.72 bits per heavy atom. The quantitative estimate of drug-likeness (QED) is 0.263. The first kappa shape index (κ1) is 31.5. The second-order valence-corrected chi connectivity index (χ2v) is 14.2. The summed E-state index contributed by atoms with van der Waals surface area (Å²) in [4.78, 5) is 18.3. The van der Waals surface area contributed by atoms with Crippen LogP contribution in [0.1, 0.15) is 63.9 Å². The Kier molecular flexibility index (Phi) is 8.32. The lowest BCUT2D eigenvalue weighted by Gasteiger charge is -2.38. The van der Waals surface area contributed by atoms with E-state index in [9.17, 15) is 9.50 Å². The number of benzene rings is 1. The maximum absolute atomic E-state index is 16.9. The summed E-state index contributed by atoms with van der Waals surface area (Å²) in [5.41, 5.74) is 1.04. The van der Waals surface area contributed by atoms with Crippen LogP contribution in [0.3, 0.4) is 0 Å². The molecule has 4 aliphatic rings. The van der Waals surface area contributed by atoms with E-state index < -0.39 is 11.4 Å². The van der Waals surface area contributed by atoms with Gasteiger partial charge in [0.1, 0.15) is 29.4 Å². The van der Waals surface area contributed by atoms with E-state index in [0.29, 0.717) is 72.3 Å². The fraction of sp³-hybridized carbons (Fsp3) is 0.559. The highest BCUT2D eigenvalue weighted by molar-refractivity contribution is 6.32. The number of nitrogens with zero attached hydrogens (tertiary/aromatic N) is 5. The molecule has 7 rings (SSSR count). The van der Waals surface area contributed by atoms with Crippen molar-refractivity contribution in [1.29, 1.82) is 0 Å². The van der Waals surface area contributed by atoms with E-state index in [0.717, 1.165) is 43.4 Å². The van der Waals surface area contributed by atoms with E-state index in [1.807, 2.05) is 4.90 Å². The molecule has 1 N–H and O–H groups in total. The first-order valence-corrected chi connectivity index (χ1v) is 16.4. The minimum absolute atomic E-state index is 0.0149. The number of ether oxygens (including phenoxy) is 3. The third-order valence-corrected chi connectivity index (χ3v) is 10.4. The van der Waals surface area contributed by atoms with E-state index >= 15 is 4.39 Å².